The number of pyridine rings is 1. The fourth-order valence-corrected chi connectivity index (χ4v) is 2.24. The molecule has 96 valence electrons. The van der Waals surface area contributed by atoms with Crippen molar-refractivity contribution in [3.05, 3.63) is 24.5 Å². The molecule has 7 nitrogen and oxygen atoms in total. The highest BCUT2D eigenvalue weighted by Crippen LogP contribution is 2.17. The lowest BCUT2D eigenvalue weighted by molar-refractivity contribution is 0.334. The first kappa shape index (κ1) is 12.5. The summed E-state index contributed by atoms with van der Waals surface area (Å²) in [6, 6.07) is 3.47. The minimum absolute atomic E-state index is 0.0109. The van der Waals surface area contributed by atoms with E-state index >= 15 is 0 Å². The van der Waals surface area contributed by atoms with Gasteiger partial charge >= 0.3 is 10.2 Å². The van der Waals surface area contributed by atoms with Crippen LogP contribution in [0.25, 0.3) is 0 Å². The SMILES string of the molecule is CCOC1=NS(=O)(=O)N=C1N(C)c1ccncc1. The number of anilines is 1. The van der Waals surface area contributed by atoms with Gasteiger partial charge in [0.2, 0.25) is 5.84 Å². The van der Waals surface area contributed by atoms with Crippen molar-refractivity contribution in [2.24, 2.45) is 8.80 Å². The molecule has 0 aliphatic carbocycles. The number of ether oxygens (including phenoxy) is 1. The first-order valence-electron chi connectivity index (χ1n) is 5.25. The zero-order valence-electron chi connectivity index (χ0n) is 9.94. The number of nitrogens with zero attached hydrogens (tertiary/aromatic N) is 4. The minimum atomic E-state index is -3.83. The molecule has 0 saturated carbocycles. The monoisotopic (exact) mass is 268 g/mol. The summed E-state index contributed by atoms with van der Waals surface area (Å²) in [6.45, 7) is 2.06. The molecule has 0 aromatic carbocycles. The maximum Gasteiger partial charge on any atom is 0.368 e. The second-order valence-corrected chi connectivity index (χ2v) is 4.72. The van der Waals surface area contributed by atoms with Crippen LogP contribution in [0.5, 0.6) is 0 Å². The lowest BCUT2D eigenvalue weighted by atomic mass is 10.3. The predicted molar refractivity (Wildman–Crippen MR) is 68.1 cm³/mol. The van der Waals surface area contributed by atoms with Gasteiger partial charge in [0.15, 0.2) is 0 Å². The standard InChI is InChI=1S/C10H12N4O3S/c1-3-17-10-9(12-18(15,16)13-10)14(2)8-4-6-11-7-5-8/h4-7H,3H2,1-2H3. The molecule has 2 heterocycles. The predicted octanol–water partition coefficient (Wildman–Crippen LogP) is 0.610. The normalized spacial score (nSPS) is 17.0. The molecular weight excluding hydrogens is 256 g/mol. The van der Waals surface area contributed by atoms with Crippen molar-refractivity contribution in [2.75, 3.05) is 18.6 Å². The lowest BCUT2D eigenvalue weighted by Gasteiger charge is -2.18. The maximum atomic E-state index is 11.4. The van der Waals surface area contributed by atoms with Crippen molar-refractivity contribution in [3.8, 4) is 0 Å². The van der Waals surface area contributed by atoms with E-state index in [0.29, 0.717) is 6.61 Å². The Labute approximate surface area is 105 Å². The summed E-state index contributed by atoms with van der Waals surface area (Å²) >= 11 is 0. The van der Waals surface area contributed by atoms with E-state index in [9.17, 15) is 8.42 Å². The van der Waals surface area contributed by atoms with E-state index in [1.807, 2.05) is 0 Å². The van der Waals surface area contributed by atoms with Crippen molar-refractivity contribution in [1.29, 1.82) is 0 Å². The Balaban J connectivity index is 2.36. The van der Waals surface area contributed by atoms with Crippen LogP contribution in [0.4, 0.5) is 5.69 Å². The van der Waals surface area contributed by atoms with Crippen LogP contribution in [0, 0.1) is 0 Å². The molecule has 0 unspecified atom stereocenters. The highest BCUT2D eigenvalue weighted by molar-refractivity contribution is 7.89. The van der Waals surface area contributed by atoms with Crippen LogP contribution >= 0.6 is 0 Å². The molecule has 0 amide bonds. The van der Waals surface area contributed by atoms with Crippen molar-refractivity contribution in [2.45, 2.75) is 6.92 Å². The molecule has 0 fully saturated rings. The van der Waals surface area contributed by atoms with Crippen LogP contribution in [-0.4, -0.2) is 38.8 Å². The van der Waals surface area contributed by atoms with E-state index in [-0.39, 0.29) is 11.7 Å². The molecule has 0 bridgehead atoms. The number of hydrogen-bond donors (Lipinski definition) is 0. The summed E-state index contributed by atoms with van der Waals surface area (Å²) < 4.78 is 34.9. The van der Waals surface area contributed by atoms with E-state index in [2.05, 4.69) is 13.8 Å². The quantitative estimate of drug-likeness (QED) is 0.784. The Morgan fingerprint density at radius 3 is 2.56 bits per heavy atom. The summed E-state index contributed by atoms with van der Waals surface area (Å²) in [5, 5.41) is 0. The Morgan fingerprint density at radius 1 is 1.28 bits per heavy atom. The molecule has 1 aliphatic heterocycles. The van der Waals surface area contributed by atoms with Gasteiger partial charge in [0.1, 0.15) is 0 Å². The fraction of sp³-hybridized carbons (Fsp3) is 0.300. The highest BCUT2D eigenvalue weighted by Gasteiger charge is 2.29. The smallest absolute Gasteiger partial charge is 0.368 e. The first-order valence-corrected chi connectivity index (χ1v) is 6.65. The second-order valence-electron chi connectivity index (χ2n) is 3.46. The summed E-state index contributed by atoms with van der Waals surface area (Å²) in [6.07, 6.45) is 3.21. The van der Waals surface area contributed by atoms with Crippen LogP contribution in [0.1, 0.15) is 6.92 Å². The topological polar surface area (TPSA) is 84.2 Å². The molecule has 8 heteroatoms. The maximum absolute atomic E-state index is 11.4. The van der Waals surface area contributed by atoms with Crippen LogP contribution in [0.2, 0.25) is 0 Å². The average Bonchev–Trinajstić information content (AvgIpc) is 2.65. The molecule has 1 aromatic rings. The largest absolute Gasteiger partial charge is 0.475 e. The number of amidine groups is 1. The number of likely N-dealkylation sites (N-methyl/N-ethyl adjacent to an activating group) is 1. The van der Waals surface area contributed by atoms with E-state index in [1.54, 1.807) is 43.4 Å². The molecule has 18 heavy (non-hydrogen) atoms. The molecule has 0 radical (unpaired) electrons. The third-order valence-corrected chi connectivity index (χ3v) is 3.04. The fourth-order valence-electron chi connectivity index (χ4n) is 1.44. The zero-order chi connectivity index (χ0) is 13.2. The molecule has 1 aromatic heterocycles. The van der Waals surface area contributed by atoms with Gasteiger partial charge in [0, 0.05) is 25.1 Å². The Hall–Kier alpha value is -1.96. The van der Waals surface area contributed by atoms with Crippen molar-refractivity contribution >= 4 is 27.6 Å². The molecule has 0 saturated heterocycles. The van der Waals surface area contributed by atoms with Gasteiger partial charge in [-0.05, 0) is 19.1 Å². The second kappa shape index (κ2) is 4.73. The Morgan fingerprint density at radius 2 is 1.94 bits per heavy atom. The first-order chi connectivity index (χ1) is 8.53. The van der Waals surface area contributed by atoms with Crippen LogP contribution in [0.15, 0.2) is 33.3 Å². The van der Waals surface area contributed by atoms with Gasteiger partial charge in [-0.25, -0.2) is 0 Å². The Bertz CT molecular complexity index is 595. The average molecular weight is 268 g/mol. The Kier molecular flexibility index (Phi) is 3.28. The van der Waals surface area contributed by atoms with Gasteiger partial charge in [-0.15, -0.1) is 8.80 Å². The molecule has 0 atom stereocenters. The third kappa shape index (κ3) is 2.48. The third-order valence-electron chi connectivity index (χ3n) is 2.24. The van der Waals surface area contributed by atoms with E-state index < -0.39 is 10.2 Å². The van der Waals surface area contributed by atoms with Gasteiger partial charge in [0.05, 0.1) is 6.61 Å². The number of rotatable bonds is 2. The van der Waals surface area contributed by atoms with E-state index in [1.165, 1.54) is 0 Å². The summed E-state index contributed by atoms with van der Waals surface area (Å²) in [5.74, 6) is 0.180. The molecule has 0 spiro atoms. The van der Waals surface area contributed by atoms with Crippen LogP contribution < -0.4 is 4.90 Å². The van der Waals surface area contributed by atoms with E-state index in [0.717, 1.165) is 5.69 Å². The summed E-state index contributed by atoms with van der Waals surface area (Å²) in [5.41, 5.74) is 0.744. The molecule has 0 N–H and O–H groups in total. The van der Waals surface area contributed by atoms with Crippen LogP contribution in [0.3, 0.4) is 0 Å². The molecular formula is C10H12N4O3S. The summed E-state index contributed by atoms with van der Waals surface area (Å²) in [4.78, 5) is 5.48. The summed E-state index contributed by atoms with van der Waals surface area (Å²) in [7, 11) is -2.14. The number of aromatic nitrogens is 1. The highest BCUT2D eigenvalue weighted by atomic mass is 32.2. The molecule has 1 aliphatic rings. The minimum Gasteiger partial charge on any atom is -0.475 e. The van der Waals surface area contributed by atoms with Gasteiger partial charge < -0.3 is 9.64 Å². The van der Waals surface area contributed by atoms with Gasteiger partial charge in [-0.3, -0.25) is 4.98 Å². The van der Waals surface area contributed by atoms with Crippen LogP contribution in [-0.2, 0) is 14.9 Å². The van der Waals surface area contributed by atoms with Gasteiger partial charge in [-0.2, -0.15) is 8.42 Å². The van der Waals surface area contributed by atoms with Crippen molar-refractivity contribution in [3.63, 3.8) is 0 Å². The van der Waals surface area contributed by atoms with Crippen molar-refractivity contribution in [1.82, 2.24) is 4.98 Å². The van der Waals surface area contributed by atoms with E-state index in [4.69, 9.17) is 4.74 Å². The molecule has 2 rings (SSSR count). The van der Waals surface area contributed by atoms with Gasteiger partial charge in [0.25, 0.3) is 5.90 Å². The zero-order valence-corrected chi connectivity index (χ0v) is 10.8. The number of hydrogen-bond acceptors (Lipinski definition) is 5. The lowest BCUT2D eigenvalue weighted by Crippen LogP contribution is -2.33. The van der Waals surface area contributed by atoms with Crippen molar-refractivity contribution < 1.29 is 13.2 Å². The van der Waals surface area contributed by atoms with Gasteiger partial charge in [-0.1, -0.05) is 0 Å².